The van der Waals surface area contributed by atoms with Gasteiger partial charge >= 0.3 is 0 Å². The molecule has 0 fully saturated rings. The van der Waals surface area contributed by atoms with Crippen LogP contribution in [0.15, 0.2) is 97.1 Å². The smallest absolute Gasteiger partial charge is 0.118 e. The van der Waals surface area contributed by atoms with E-state index in [0.717, 1.165) is 25.0 Å². The predicted octanol–water partition coefficient (Wildman–Crippen LogP) is 9.14. The van der Waals surface area contributed by atoms with Crippen molar-refractivity contribution in [1.29, 1.82) is 0 Å². The average molecular weight is 495 g/mol. The van der Waals surface area contributed by atoms with Crippen molar-refractivity contribution in [2.45, 2.75) is 25.4 Å². The summed E-state index contributed by atoms with van der Waals surface area (Å²) in [5.41, 5.74) is 7.95. The van der Waals surface area contributed by atoms with Gasteiger partial charge in [-0.3, -0.25) is 0 Å². The molecule has 0 amide bonds. The van der Waals surface area contributed by atoms with Crippen molar-refractivity contribution >= 4 is 44.0 Å². The van der Waals surface area contributed by atoms with E-state index in [4.69, 9.17) is 9.47 Å². The molecule has 2 aliphatic rings. The van der Waals surface area contributed by atoms with E-state index in [2.05, 4.69) is 91.0 Å². The lowest BCUT2D eigenvalue weighted by Gasteiger charge is -2.22. The van der Waals surface area contributed by atoms with E-state index in [1.807, 2.05) is 12.1 Å². The van der Waals surface area contributed by atoms with Crippen molar-refractivity contribution in [2.75, 3.05) is 14.2 Å². The lowest BCUT2D eigenvalue weighted by Crippen LogP contribution is -2.09. The largest absolute Gasteiger partial charge is 0.497 e. The quantitative estimate of drug-likeness (QED) is 0.183. The fraction of sp³-hybridized carbons (Fsp3) is 0.167. The molecule has 0 saturated heterocycles. The van der Waals surface area contributed by atoms with E-state index in [1.165, 1.54) is 65.7 Å². The molecule has 0 aromatic heterocycles. The summed E-state index contributed by atoms with van der Waals surface area (Å²) in [5, 5.41) is 7.75. The van der Waals surface area contributed by atoms with E-state index in [9.17, 15) is 0 Å². The molecule has 0 spiro atoms. The zero-order valence-electron chi connectivity index (χ0n) is 21.8. The van der Waals surface area contributed by atoms with Gasteiger partial charge in [0.05, 0.1) is 13.2 Å². The molecule has 2 heteroatoms. The van der Waals surface area contributed by atoms with Crippen LogP contribution in [0.2, 0.25) is 0 Å². The van der Waals surface area contributed by atoms with E-state index >= 15 is 0 Å². The Morgan fingerprint density at radius 3 is 2.26 bits per heavy atom. The number of hydrogen-bond acceptors (Lipinski definition) is 2. The molecular formula is C36H30O2. The second-order valence-electron chi connectivity index (χ2n) is 10.3. The number of rotatable bonds is 4. The normalized spacial score (nSPS) is 16.7. The van der Waals surface area contributed by atoms with Crippen LogP contribution < -0.4 is 4.74 Å². The van der Waals surface area contributed by atoms with Gasteiger partial charge in [-0.1, -0.05) is 66.8 Å². The van der Waals surface area contributed by atoms with Gasteiger partial charge in [0.2, 0.25) is 0 Å². The molecule has 5 aromatic carbocycles. The number of methoxy groups -OCH3 is 2. The Balaban J connectivity index is 1.49. The molecule has 0 aliphatic heterocycles. The Morgan fingerprint density at radius 2 is 1.50 bits per heavy atom. The Kier molecular flexibility index (Phi) is 5.64. The van der Waals surface area contributed by atoms with Crippen LogP contribution in [0.3, 0.4) is 0 Å². The number of benzene rings is 5. The average Bonchev–Trinajstić information content (AvgIpc) is 2.99. The second kappa shape index (κ2) is 9.31. The van der Waals surface area contributed by atoms with Crippen LogP contribution in [-0.4, -0.2) is 20.3 Å². The zero-order chi connectivity index (χ0) is 25.6. The van der Waals surface area contributed by atoms with Gasteiger partial charge in [-0.2, -0.15) is 0 Å². The number of ether oxygens (including phenoxy) is 2. The lowest BCUT2D eigenvalue weighted by atomic mass is 9.83. The first-order valence-electron chi connectivity index (χ1n) is 13.4. The summed E-state index contributed by atoms with van der Waals surface area (Å²) in [6.07, 6.45) is 14.7. The van der Waals surface area contributed by atoms with Crippen LogP contribution >= 0.6 is 0 Å². The highest BCUT2D eigenvalue weighted by Gasteiger charge is 2.19. The van der Waals surface area contributed by atoms with Crippen molar-refractivity contribution in [3.05, 3.63) is 114 Å². The maximum Gasteiger partial charge on any atom is 0.118 e. The van der Waals surface area contributed by atoms with Crippen molar-refractivity contribution < 1.29 is 9.47 Å². The molecule has 186 valence electrons. The fourth-order valence-electron chi connectivity index (χ4n) is 6.21. The Labute approximate surface area is 223 Å². The van der Waals surface area contributed by atoms with Gasteiger partial charge in [0.15, 0.2) is 0 Å². The lowest BCUT2D eigenvalue weighted by molar-refractivity contribution is 0.143. The van der Waals surface area contributed by atoms with Crippen molar-refractivity contribution in [3.63, 3.8) is 0 Å². The molecule has 0 saturated carbocycles. The third-order valence-corrected chi connectivity index (χ3v) is 8.19. The van der Waals surface area contributed by atoms with Gasteiger partial charge < -0.3 is 9.47 Å². The Bertz CT molecular complexity index is 1800. The molecule has 0 radical (unpaired) electrons. The minimum absolute atomic E-state index is 0.171. The topological polar surface area (TPSA) is 18.5 Å². The number of hydrogen-bond donors (Lipinski definition) is 0. The van der Waals surface area contributed by atoms with Crippen molar-refractivity contribution in [2.24, 2.45) is 0 Å². The van der Waals surface area contributed by atoms with E-state index in [1.54, 1.807) is 14.2 Å². The second-order valence-corrected chi connectivity index (χ2v) is 10.3. The molecule has 1 unspecified atom stereocenters. The van der Waals surface area contributed by atoms with Gasteiger partial charge in [-0.05, 0) is 121 Å². The van der Waals surface area contributed by atoms with Crippen molar-refractivity contribution in [3.8, 4) is 16.9 Å². The van der Waals surface area contributed by atoms with Crippen LogP contribution in [0.5, 0.6) is 5.75 Å². The van der Waals surface area contributed by atoms with Crippen LogP contribution in [0.25, 0.3) is 55.1 Å². The first-order chi connectivity index (χ1) is 18.7. The summed E-state index contributed by atoms with van der Waals surface area (Å²) >= 11 is 0. The Morgan fingerprint density at radius 1 is 0.737 bits per heavy atom. The van der Waals surface area contributed by atoms with Gasteiger partial charge in [-0.15, -0.1) is 0 Å². The number of fused-ring (bicyclic) bond motifs is 6. The van der Waals surface area contributed by atoms with Crippen LogP contribution in [0.1, 0.15) is 29.5 Å². The molecule has 5 aromatic rings. The Hall–Kier alpha value is -4.14. The molecule has 38 heavy (non-hydrogen) atoms. The molecule has 2 aliphatic carbocycles. The van der Waals surface area contributed by atoms with E-state index < -0.39 is 0 Å². The molecule has 0 bridgehead atoms. The van der Waals surface area contributed by atoms with Crippen LogP contribution in [0.4, 0.5) is 0 Å². The van der Waals surface area contributed by atoms with E-state index in [-0.39, 0.29) is 6.10 Å². The summed E-state index contributed by atoms with van der Waals surface area (Å²) in [7, 11) is 3.50. The summed E-state index contributed by atoms with van der Waals surface area (Å²) in [6, 6.07) is 26.8. The van der Waals surface area contributed by atoms with Gasteiger partial charge in [-0.25, -0.2) is 0 Å². The van der Waals surface area contributed by atoms with E-state index in [0.29, 0.717) is 0 Å². The zero-order valence-corrected chi connectivity index (χ0v) is 21.8. The van der Waals surface area contributed by atoms with Gasteiger partial charge in [0.25, 0.3) is 0 Å². The highest BCUT2D eigenvalue weighted by atomic mass is 16.5. The SMILES string of the molecule is COc1ccc(-c2cc3cc4c5c(c(C6=CCC(OC)C=C6)cc4cc3c3ccccc23)CCC=C5)cc1. The third kappa shape index (κ3) is 3.76. The molecular weight excluding hydrogens is 464 g/mol. The molecule has 0 heterocycles. The van der Waals surface area contributed by atoms with Crippen molar-refractivity contribution in [1.82, 2.24) is 0 Å². The predicted molar refractivity (Wildman–Crippen MR) is 161 cm³/mol. The minimum atomic E-state index is 0.171. The fourth-order valence-corrected chi connectivity index (χ4v) is 6.21. The summed E-state index contributed by atoms with van der Waals surface area (Å²) in [6.45, 7) is 0. The molecule has 1 atom stereocenters. The van der Waals surface area contributed by atoms with Crippen LogP contribution in [0, 0.1) is 0 Å². The monoisotopic (exact) mass is 494 g/mol. The highest BCUT2D eigenvalue weighted by Crippen LogP contribution is 2.41. The first-order valence-corrected chi connectivity index (χ1v) is 13.4. The highest BCUT2D eigenvalue weighted by molar-refractivity contribution is 6.18. The maximum atomic E-state index is 5.55. The summed E-state index contributed by atoms with van der Waals surface area (Å²) in [4.78, 5) is 0. The van der Waals surface area contributed by atoms with Crippen LogP contribution in [-0.2, 0) is 11.2 Å². The molecule has 7 rings (SSSR count). The molecule has 2 nitrogen and oxygen atoms in total. The standard InChI is InChI=1S/C36H30O2/c1-37-27-15-11-23(12-16-27)33-19-25-21-36-26(22-35(25)31-9-5-3-7-29(31)33)20-34(30-8-4-6-10-32(30)36)24-13-17-28(38-2)18-14-24/h3,5-7,9-17,19-22,28H,4,8,18H2,1-2H3. The number of allylic oxidation sites excluding steroid dienone is 3. The van der Waals surface area contributed by atoms with Gasteiger partial charge in [0, 0.05) is 7.11 Å². The summed E-state index contributed by atoms with van der Waals surface area (Å²) < 4.78 is 11.0. The van der Waals surface area contributed by atoms with Gasteiger partial charge in [0.1, 0.15) is 5.75 Å². The first kappa shape index (κ1) is 23.0. The summed E-state index contributed by atoms with van der Waals surface area (Å²) in [5.74, 6) is 0.875. The maximum absolute atomic E-state index is 5.55. The molecule has 0 N–H and O–H groups in total. The minimum Gasteiger partial charge on any atom is -0.497 e. The third-order valence-electron chi connectivity index (χ3n) is 8.19.